The van der Waals surface area contributed by atoms with E-state index in [-0.39, 0.29) is 5.91 Å². The second-order valence-corrected chi connectivity index (χ2v) is 8.08. The fourth-order valence-electron chi connectivity index (χ4n) is 3.51. The summed E-state index contributed by atoms with van der Waals surface area (Å²) in [6, 6.07) is 8.61. The van der Waals surface area contributed by atoms with Gasteiger partial charge in [-0.1, -0.05) is 61.4 Å². The van der Waals surface area contributed by atoms with Crippen LogP contribution in [0.2, 0.25) is 0 Å². The van der Waals surface area contributed by atoms with Crippen LogP contribution in [0.5, 0.6) is 0 Å². The van der Waals surface area contributed by atoms with Gasteiger partial charge in [-0.3, -0.25) is 4.79 Å². The lowest BCUT2D eigenvalue weighted by Crippen LogP contribution is -2.41. The molecule has 0 unspecified atom stereocenters. The lowest BCUT2D eigenvalue weighted by molar-refractivity contribution is -0.119. The van der Waals surface area contributed by atoms with E-state index < -0.39 is 0 Å². The van der Waals surface area contributed by atoms with E-state index in [4.69, 9.17) is 0 Å². The predicted octanol–water partition coefficient (Wildman–Crippen LogP) is 4.06. The van der Waals surface area contributed by atoms with Crippen LogP contribution in [-0.4, -0.2) is 32.5 Å². The SMILES string of the molecule is CCn1c(SCC(=O)N[C@@H]2CCCC[C@H]2C)nnc1-c1ccc(C)cc1. The predicted molar refractivity (Wildman–Crippen MR) is 106 cm³/mol. The van der Waals surface area contributed by atoms with Crippen LogP contribution in [0.25, 0.3) is 11.4 Å². The lowest BCUT2D eigenvalue weighted by atomic mass is 9.86. The Balaban J connectivity index is 1.63. The van der Waals surface area contributed by atoms with Gasteiger partial charge in [0.05, 0.1) is 5.75 Å². The number of amides is 1. The summed E-state index contributed by atoms with van der Waals surface area (Å²) in [7, 11) is 0. The van der Waals surface area contributed by atoms with Gasteiger partial charge in [-0.25, -0.2) is 0 Å². The molecular formula is C20H28N4OS. The zero-order valence-electron chi connectivity index (χ0n) is 15.9. The van der Waals surface area contributed by atoms with Crippen molar-refractivity contribution in [2.45, 2.75) is 64.2 Å². The zero-order chi connectivity index (χ0) is 18.5. The summed E-state index contributed by atoms with van der Waals surface area (Å²) in [6.45, 7) is 7.16. The average Bonchev–Trinajstić information content (AvgIpc) is 3.05. The van der Waals surface area contributed by atoms with E-state index >= 15 is 0 Å². The minimum Gasteiger partial charge on any atom is -0.352 e. The van der Waals surface area contributed by atoms with Crippen molar-refractivity contribution in [3.05, 3.63) is 29.8 Å². The van der Waals surface area contributed by atoms with Crippen molar-refractivity contribution in [3.8, 4) is 11.4 Å². The Kier molecular flexibility index (Phi) is 6.35. The van der Waals surface area contributed by atoms with E-state index in [1.54, 1.807) is 0 Å². The standard InChI is InChI=1S/C20H28N4OS/c1-4-24-19(16-11-9-14(2)10-12-16)22-23-20(24)26-13-18(25)21-17-8-6-5-7-15(17)3/h9-12,15,17H,4-8,13H2,1-3H3,(H,21,25)/t15-,17-/m1/s1. The summed E-state index contributed by atoms with van der Waals surface area (Å²) in [5, 5.41) is 12.7. The molecule has 0 radical (unpaired) electrons. The van der Waals surface area contributed by atoms with Crippen LogP contribution in [0.1, 0.15) is 45.1 Å². The molecule has 1 N–H and O–H groups in total. The number of hydrogen-bond acceptors (Lipinski definition) is 4. The maximum Gasteiger partial charge on any atom is 0.230 e. The van der Waals surface area contributed by atoms with Gasteiger partial charge in [0.15, 0.2) is 11.0 Å². The summed E-state index contributed by atoms with van der Waals surface area (Å²) in [5.74, 6) is 1.91. The Labute approximate surface area is 160 Å². The summed E-state index contributed by atoms with van der Waals surface area (Å²) in [4.78, 5) is 12.4. The molecule has 1 amide bonds. The number of nitrogens with one attached hydrogen (secondary N) is 1. The largest absolute Gasteiger partial charge is 0.352 e. The summed E-state index contributed by atoms with van der Waals surface area (Å²) >= 11 is 1.47. The first-order chi connectivity index (χ1) is 12.6. The minimum atomic E-state index is 0.0938. The second-order valence-electron chi connectivity index (χ2n) is 7.14. The van der Waals surface area contributed by atoms with Gasteiger partial charge in [0, 0.05) is 18.2 Å². The van der Waals surface area contributed by atoms with Crippen LogP contribution in [-0.2, 0) is 11.3 Å². The van der Waals surface area contributed by atoms with Gasteiger partial charge in [-0.2, -0.15) is 0 Å². The first-order valence-corrected chi connectivity index (χ1v) is 10.5. The molecule has 3 rings (SSSR count). The second kappa shape index (κ2) is 8.71. The normalized spacial score (nSPS) is 20.1. The van der Waals surface area contributed by atoms with Crippen molar-refractivity contribution >= 4 is 17.7 Å². The van der Waals surface area contributed by atoms with Crippen LogP contribution in [0.15, 0.2) is 29.4 Å². The molecule has 1 heterocycles. The molecule has 6 heteroatoms. The van der Waals surface area contributed by atoms with E-state index in [9.17, 15) is 4.79 Å². The molecule has 0 bridgehead atoms. The Morgan fingerprint density at radius 3 is 2.65 bits per heavy atom. The smallest absolute Gasteiger partial charge is 0.230 e. The minimum absolute atomic E-state index is 0.0938. The van der Waals surface area contributed by atoms with Crippen molar-refractivity contribution in [3.63, 3.8) is 0 Å². The summed E-state index contributed by atoms with van der Waals surface area (Å²) in [6.07, 6.45) is 4.80. The topological polar surface area (TPSA) is 59.8 Å². The number of hydrogen-bond donors (Lipinski definition) is 1. The maximum absolute atomic E-state index is 12.4. The van der Waals surface area contributed by atoms with Crippen molar-refractivity contribution in [1.82, 2.24) is 20.1 Å². The molecule has 1 aliphatic rings. The van der Waals surface area contributed by atoms with Crippen LogP contribution in [0.4, 0.5) is 0 Å². The molecule has 1 aliphatic carbocycles. The van der Waals surface area contributed by atoms with E-state index in [0.717, 1.165) is 29.5 Å². The molecule has 0 spiro atoms. The highest BCUT2D eigenvalue weighted by Crippen LogP contribution is 2.26. The third-order valence-corrected chi connectivity index (χ3v) is 6.10. The van der Waals surface area contributed by atoms with Crippen molar-refractivity contribution in [2.24, 2.45) is 5.92 Å². The quantitative estimate of drug-likeness (QED) is 0.777. The Hall–Kier alpha value is -1.82. The monoisotopic (exact) mass is 372 g/mol. The van der Waals surface area contributed by atoms with Crippen LogP contribution < -0.4 is 5.32 Å². The number of benzene rings is 1. The number of aryl methyl sites for hydroxylation is 1. The van der Waals surface area contributed by atoms with Crippen molar-refractivity contribution < 1.29 is 4.79 Å². The van der Waals surface area contributed by atoms with Gasteiger partial charge >= 0.3 is 0 Å². The van der Waals surface area contributed by atoms with Crippen LogP contribution >= 0.6 is 11.8 Å². The number of thioether (sulfide) groups is 1. The number of carbonyl (C=O) groups excluding carboxylic acids is 1. The maximum atomic E-state index is 12.4. The van der Waals surface area contributed by atoms with Gasteiger partial charge in [-0.15, -0.1) is 10.2 Å². The molecule has 1 aromatic carbocycles. The molecule has 0 saturated heterocycles. The van der Waals surface area contributed by atoms with Crippen LogP contribution in [0, 0.1) is 12.8 Å². The molecule has 1 saturated carbocycles. The fraction of sp³-hybridized carbons (Fsp3) is 0.550. The van der Waals surface area contributed by atoms with E-state index in [0.29, 0.717) is 17.7 Å². The van der Waals surface area contributed by atoms with E-state index in [2.05, 4.69) is 65.1 Å². The average molecular weight is 373 g/mol. The highest BCUT2D eigenvalue weighted by molar-refractivity contribution is 7.99. The molecule has 2 atom stereocenters. The molecule has 0 aliphatic heterocycles. The molecule has 2 aromatic rings. The third-order valence-electron chi connectivity index (χ3n) is 5.13. The highest BCUT2D eigenvalue weighted by atomic mass is 32.2. The fourth-order valence-corrected chi connectivity index (χ4v) is 4.32. The number of rotatable bonds is 6. The first kappa shape index (κ1) is 19.0. The Morgan fingerprint density at radius 1 is 1.23 bits per heavy atom. The number of nitrogens with zero attached hydrogens (tertiary/aromatic N) is 3. The van der Waals surface area contributed by atoms with Crippen molar-refractivity contribution in [2.75, 3.05) is 5.75 Å². The molecule has 140 valence electrons. The van der Waals surface area contributed by atoms with Gasteiger partial charge in [0.1, 0.15) is 0 Å². The number of aromatic nitrogens is 3. The third kappa shape index (κ3) is 4.47. The van der Waals surface area contributed by atoms with Gasteiger partial charge in [0.25, 0.3) is 0 Å². The Morgan fingerprint density at radius 2 is 1.96 bits per heavy atom. The number of carbonyl (C=O) groups is 1. The summed E-state index contributed by atoms with van der Waals surface area (Å²) in [5.41, 5.74) is 2.27. The van der Waals surface area contributed by atoms with Crippen molar-refractivity contribution in [1.29, 1.82) is 0 Å². The van der Waals surface area contributed by atoms with Gasteiger partial charge in [0.2, 0.25) is 5.91 Å². The molecule has 5 nitrogen and oxygen atoms in total. The molecule has 1 fully saturated rings. The zero-order valence-corrected chi connectivity index (χ0v) is 16.7. The van der Waals surface area contributed by atoms with Crippen LogP contribution in [0.3, 0.4) is 0 Å². The Bertz CT molecular complexity index is 741. The lowest BCUT2D eigenvalue weighted by Gasteiger charge is -2.29. The molecule has 1 aromatic heterocycles. The van der Waals surface area contributed by atoms with Gasteiger partial charge < -0.3 is 9.88 Å². The first-order valence-electron chi connectivity index (χ1n) is 9.51. The van der Waals surface area contributed by atoms with E-state index in [1.165, 1.54) is 36.6 Å². The molecule has 26 heavy (non-hydrogen) atoms. The highest BCUT2D eigenvalue weighted by Gasteiger charge is 2.23. The van der Waals surface area contributed by atoms with E-state index in [1.807, 2.05) is 0 Å². The summed E-state index contributed by atoms with van der Waals surface area (Å²) < 4.78 is 2.08. The molecular weight excluding hydrogens is 344 g/mol. The van der Waals surface area contributed by atoms with Gasteiger partial charge in [-0.05, 0) is 32.6 Å².